The van der Waals surface area contributed by atoms with Gasteiger partial charge in [0.15, 0.2) is 0 Å². The number of hydrogen-bond donors (Lipinski definition) is 1. The third-order valence-corrected chi connectivity index (χ3v) is 4.41. The SMILES string of the molecule is CNC(c1ccccc1)C(C)N(C)CC1CCCCO1. The Balaban J connectivity index is 1.95. The molecule has 0 radical (unpaired) electrons. The molecule has 112 valence electrons. The van der Waals surface area contributed by atoms with Crippen molar-refractivity contribution in [1.29, 1.82) is 0 Å². The van der Waals surface area contributed by atoms with Crippen molar-refractivity contribution < 1.29 is 4.74 Å². The molecule has 0 spiro atoms. The van der Waals surface area contributed by atoms with Crippen molar-refractivity contribution in [2.45, 2.75) is 44.4 Å². The molecule has 1 fully saturated rings. The highest BCUT2D eigenvalue weighted by atomic mass is 16.5. The van der Waals surface area contributed by atoms with E-state index in [4.69, 9.17) is 4.74 Å². The Bertz CT molecular complexity index is 376. The minimum Gasteiger partial charge on any atom is -0.377 e. The van der Waals surface area contributed by atoms with E-state index < -0.39 is 0 Å². The highest BCUT2D eigenvalue weighted by molar-refractivity contribution is 5.20. The minimum atomic E-state index is 0.352. The van der Waals surface area contributed by atoms with Gasteiger partial charge in [0.25, 0.3) is 0 Å². The van der Waals surface area contributed by atoms with E-state index in [0.29, 0.717) is 18.2 Å². The molecule has 3 nitrogen and oxygen atoms in total. The van der Waals surface area contributed by atoms with E-state index >= 15 is 0 Å². The Kier molecular flexibility index (Phi) is 6.02. The van der Waals surface area contributed by atoms with Crippen LogP contribution < -0.4 is 5.32 Å². The van der Waals surface area contributed by atoms with Crippen LogP contribution in [0, 0.1) is 0 Å². The van der Waals surface area contributed by atoms with E-state index in [-0.39, 0.29) is 0 Å². The summed E-state index contributed by atoms with van der Waals surface area (Å²) in [6.07, 6.45) is 4.14. The van der Waals surface area contributed by atoms with Crippen molar-refractivity contribution in [3.63, 3.8) is 0 Å². The summed E-state index contributed by atoms with van der Waals surface area (Å²) in [7, 11) is 4.25. The molecule has 1 heterocycles. The number of nitrogens with one attached hydrogen (secondary N) is 1. The molecular formula is C17H28N2O. The van der Waals surface area contributed by atoms with Crippen LogP contribution in [0.15, 0.2) is 30.3 Å². The van der Waals surface area contributed by atoms with Gasteiger partial charge in [-0.25, -0.2) is 0 Å². The van der Waals surface area contributed by atoms with Gasteiger partial charge < -0.3 is 10.1 Å². The summed E-state index contributed by atoms with van der Waals surface area (Å²) in [6.45, 7) is 4.24. The van der Waals surface area contributed by atoms with Gasteiger partial charge in [-0.05, 0) is 45.8 Å². The summed E-state index contributed by atoms with van der Waals surface area (Å²) in [5.41, 5.74) is 1.35. The van der Waals surface area contributed by atoms with Crippen LogP contribution in [-0.4, -0.2) is 44.3 Å². The van der Waals surface area contributed by atoms with Gasteiger partial charge in [-0.15, -0.1) is 0 Å². The third kappa shape index (κ3) is 4.05. The fourth-order valence-corrected chi connectivity index (χ4v) is 3.04. The van der Waals surface area contributed by atoms with Gasteiger partial charge in [-0.3, -0.25) is 4.90 Å². The predicted molar refractivity (Wildman–Crippen MR) is 83.9 cm³/mol. The largest absolute Gasteiger partial charge is 0.377 e. The van der Waals surface area contributed by atoms with Crippen molar-refractivity contribution >= 4 is 0 Å². The lowest BCUT2D eigenvalue weighted by atomic mass is 9.99. The summed E-state index contributed by atoms with van der Waals surface area (Å²) in [5, 5.41) is 3.45. The fraction of sp³-hybridized carbons (Fsp3) is 0.647. The lowest BCUT2D eigenvalue weighted by Gasteiger charge is -2.35. The number of nitrogens with zero attached hydrogens (tertiary/aromatic N) is 1. The van der Waals surface area contributed by atoms with Crippen molar-refractivity contribution in [3.8, 4) is 0 Å². The molecule has 0 amide bonds. The van der Waals surface area contributed by atoms with Gasteiger partial charge in [0.05, 0.1) is 6.10 Å². The second-order valence-corrected chi connectivity index (χ2v) is 5.85. The first kappa shape index (κ1) is 15.5. The maximum atomic E-state index is 5.86. The summed E-state index contributed by atoms with van der Waals surface area (Å²) < 4.78 is 5.86. The molecule has 1 aromatic carbocycles. The van der Waals surface area contributed by atoms with Gasteiger partial charge in [-0.1, -0.05) is 30.3 Å². The van der Waals surface area contributed by atoms with E-state index in [1.54, 1.807) is 0 Å². The Labute approximate surface area is 123 Å². The summed E-state index contributed by atoms with van der Waals surface area (Å²) >= 11 is 0. The first-order chi connectivity index (χ1) is 9.72. The molecule has 0 aromatic heterocycles. The maximum absolute atomic E-state index is 5.86. The van der Waals surface area contributed by atoms with Gasteiger partial charge in [-0.2, -0.15) is 0 Å². The first-order valence-electron chi connectivity index (χ1n) is 7.76. The Morgan fingerprint density at radius 1 is 1.30 bits per heavy atom. The molecule has 0 aliphatic carbocycles. The average Bonchev–Trinajstić information content (AvgIpc) is 2.50. The number of hydrogen-bond acceptors (Lipinski definition) is 3. The molecule has 1 aromatic rings. The van der Waals surface area contributed by atoms with Gasteiger partial charge in [0, 0.05) is 25.2 Å². The molecule has 2 rings (SSSR count). The van der Waals surface area contributed by atoms with Crippen LogP contribution in [0.25, 0.3) is 0 Å². The zero-order valence-electron chi connectivity index (χ0n) is 13.0. The van der Waals surface area contributed by atoms with Crippen LogP contribution in [0.3, 0.4) is 0 Å². The molecule has 1 N–H and O–H groups in total. The summed E-state index contributed by atoms with van der Waals surface area (Å²) in [6, 6.07) is 11.5. The van der Waals surface area contributed by atoms with E-state index in [1.807, 2.05) is 7.05 Å². The third-order valence-electron chi connectivity index (χ3n) is 4.41. The van der Waals surface area contributed by atoms with Crippen LogP contribution in [0.4, 0.5) is 0 Å². The molecule has 1 saturated heterocycles. The standard InChI is InChI=1S/C17H28N2O/c1-14(17(18-2)15-9-5-4-6-10-15)19(3)13-16-11-7-8-12-20-16/h4-6,9-10,14,16-18H,7-8,11-13H2,1-3H3. The first-order valence-corrected chi connectivity index (χ1v) is 7.76. The Hall–Kier alpha value is -0.900. The lowest BCUT2D eigenvalue weighted by Crippen LogP contribution is -2.44. The molecule has 20 heavy (non-hydrogen) atoms. The van der Waals surface area contributed by atoms with Crippen LogP contribution in [0.2, 0.25) is 0 Å². The lowest BCUT2D eigenvalue weighted by molar-refractivity contribution is -0.00945. The molecule has 3 atom stereocenters. The smallest absolute Gasteiger partial charge is 0.0702 e. The van der Waals surface area contributed by atoms with Crippen LogP contribution in [0.1, 0.15) is 37.8 Å². The van der Waals surface area contributed by atoms with Crippen molar-refractivity contribution in [3.05, 3.63) is 35.9 Å². The molecular weight excluding hydrogens is 248 g/mol. The minimum absolute atomic E-state index is 0.352. The zero-order chi connectivity index (χ0) is 14.4. The quantitative estimate of drug-likeness (QED) is 0.864. The van der Waals surface area contributed by atoms with Crippen molar-refractivity contribution in [2.24, 2.45) is 0 Å². The van der Waals surface area contributed by atoms with Gasteiger partial charge in [0.2, 0.25) is 0 Å². The summed E-state index contributed by atoms with van der Waals surface area (Å²) in [4.78, 5) is 2.42. The fourth-order valence-electron chi connectivity index (χ4n) is 3.04. The predicted octanol–water partition coefficient (Wildman–Crippen LogP) is 2.84. The van der Waals surface area contributed by atoms with Crippen LogP contribution in [0.5, 0.6) is 0 Å². The molecule has 1 aliphatic heterocycles. The van der Waals surface area contributed by atoms with Crippen molar-refractivity contribution in [1.82, 2.24) is 10.2 Å². The second-order valence-electron chi connectivity index (χ2n) is 5.85. The molecule has 0 saturated carbocycles. The highest BCUT2D eigenvalue weighted by Crippen LogP contribution is 2.21. The molecule has 0 bridgehead atoms. The average molecular weight is 276 g/mol. The number of likely N-dealkylation sites (N-methyl/N-ethyl adjacent to an activating group) is 2. The van der Waals surface area contributed by atoms with E-state index in [0.717, 1.165) is 13.2 Å². The number of ether oxygens (including phenoxy) is 1. The van der Waals surface area contributed by atoms with Crippen LogP contribution >= 0.6 is 0 Å². The van der Waals surface area contributed by atoms with Crippen LogP contribution in [-0.2, 0) is 4.74 Å². The van der Waals surface area contributed by atoms with E-state index in [2.05, 4.69) is 54.5 Å². The monoisotopic (exact) mass is 276 g/mol. The van der Waals surface area contributed by atoms with Gasteiger partial charge in [0.1, 0.15) is 0 Å². The zero-order valence-corrected chi connectivity index (χ0v) is 13.0. The molecule has 3 heteroatoms. The summed E-state index contributed by atoms with van der Waals surface area (Å²) in [5.74, 6) is 0. The topological polar surface area (TPSA) is 24.5 Å². The Morgan fingerprint density at radius 3 is 2.65 bits per heavy atom. The highest BCUT2D eigenvalue weighted by Gasteiger charge is 2.24. The maximum Gasteiger partial charge on any atom is 0.0702 e. The van der Waals surface area contributed by atoms with E-state index in [1.165, 1.54) is 24.8 Å². The Morgan fingerprint density at radius 2 is 2.05 bits per heavy atom. The normalized spacial score (nSPS) is 22.7. The molecule has 1 aliphatic rings. The van der Waals surface area contributed by atoms with Gasteiger partial charge >= 0.3 is 0 Å². The number of benzene rings is 1. The molecule has 3 unspecified atom stereocenters. The van der Waals surface area contributed by atoms with E-state index in [9.17, 15) is 0 Å². The number of rotatable bonds is 6. The second kappa shape index (κ2) is 7.77. The van der Waals surface area contributed by atoms with Crippen molar-refractivity contribution in [2.75, 3.05) is 27.2 Å².